The van der Waals surface area contributed by atoms with Crippen molar-refractivity contribution in [3.05, 3.63) is 76.8 Å². The molecule has 0 aromatic heterocycles. The van der Waals surface area contributed by atoms with Gasteiger partial charge >= 0.3 is 0 Å². The van der Waals surface area contributed by atoms with Crippen molar-refractivity contribution < 1.29 is 22.9 Å². The molecule has 1 amide bonds. The van der Waals surface area contributed by atoms with Gasteiger partial charge in [0.15, 0.2) is 6.61 Å². The Balaban J connectivity index is 1.37. The largest absolute Gasteiger partial charge is 0.483 e. The molecule has 0 unspecified atom stereocenters. The van der Waals surface area contributed by atoms with Gasteiger partial charge < -0.3 is 9.64 Å². The van der Waals surface area contributed by atoms with Crippen LogP contribution in [0.15, 0.2) is 71.6 Å². The van der Waals surface area contributed by atoms with Gasteiger partial charge in [-0.3, -0.25) is 14.9 Å². The van der Waals surface area contributed by atoms with Gasteiger partial charge in [0.1, 0.15) is 5.75 Å². The highest BCUT2D eigenvalue weighted by Gasteiger charge is 2.31. The minimum absolute atomic E-state index is 0.102. The Kier molecular flexibility index (Phi) is 6.06. The van der Waals surface area contributed by atoms with Gasteiger partial charge in [-0.1, -0.05) is 42.5 Å². The van der Waals surface area contributed by atoms with E-state index in [9.17, 15) is 23.3 Å². The SMILES string of the molecule is O=C(COc1cccc2ccccc12)N1CCN(S(=O)(=O)c2cccc([N+](=O)[O-])c2)CC1. The van der Waals surface area contributed by atoms with Crippen molar-refractivity contribution >= 4 is 32.4 Å². The van der Waals surface area contributed by atoms with Gasteiger partial charge in [0, 0.05) is 43.7 Å². The number of nitro benzene ring substituents is 1. The summed E-state index contributed by atoms with van der Waals surface area (Å²) in [5.74, 6) is 0.383. The van der Waals surface area contributed by atoms with E-state index < -0.39 is 14.9 Å². The lowest BCUT2D eigenvalue weighted by Crippen LogP contribution is -2.51. The van der Waals surface area contributed by atoms with Gasteiger partial charge in [-0.25, -0.2) is 8.42 Å². The number of benzene rings is 3. The van der Waals surface area contributed by atoms with Crippen LogP contribution in [0, 0.1) is 10.1 Å². The fourth-order valence-corrected chi connectivity index (χ4v) is 5.10. The van der Waals surface area contributed by atoms with E-state index in [0.717, 1.165) is 16.8 Å². The van der Waals surface area contributed by atoms with E-state index in [-0.39, 0.29) is 49.3 Å². The molecule has 0 saturated carbocycles. The first-order valence-electron chi connectivity index (χ1n) is 9.99. The fraction of sp³-hybridized carbons (Fsp3) is 0.227. The topological polar surface area (TPSA) is 110 Å². The highest BCUT2D eigenvalue weighted by atomic mass is 32.2. The molecule has 4 rings (SSSR count). The maximum atomic E-state index is 12.8. The van der Waals surface area contributed by atoms with E-state index in [2.05, 4.69) is 0 Å². The summed E-state index contributed by atoms with van der Waals surface area (Å²) in [7, 11) is -3.89. The normalized spacial score (nSPS) is 14.9. The van der Waals surface area contributed by atoms with Gasteiger partial charge in [0.2, 0.25) is 10.0 Å². The van der Waals surface area contributed by atoms with Crippen LogP contribution in [0.2, 0.25) is 0 Å². The lowest BCUT2D eigenvalue weighted by Gasteiger charge is -2.34. The van der Waals surface area contributed by atoms with Crippen molar-refractivity contribution in [2.45, 2.75) is 4.90 Å². The molecule has 9 nitrogen and oxygen atoms in total. The molecule has 0 bridgehead atoms. The smallest absolute Gasteiger partial charge is 0.270 e. The summed E-state index contributed by atoms with van der Waals surface area (Å²) in [5.41, 5.74) is -0.287. The van der Waals surface area contributed by atoms with Crippen molar-refractivity contribution in [3.63, 3.8) is 0 Å². The van der Waals surface area contributed by atoms with E-state index in [1.807, 2.05) is 36.4 Å². The second kappa shape index (κ2) is 8.93. The predicted octanol–water partition coefficient (Wildman–Crippen LogP) is 2.66. The van der Waals surface area contributed by atoms with Crippen LogP contribution in [-0.2, 0) is 14.8 Å². The van der Waals surface area contributed by atoms with Crippen LogP contribution >= 0.6 is 0 Å². The monoisotopic (exact) mass is 455 g/mol. The van der Waals surface area contributed by atoms with Crippen molar-refractivity contribution in [1.29, 1.82) is 0 Å². The van der Waals surface area contributed by atoms with Crippen LogP contribution in [0.3, 0.4) is 0 Å². The highest BCUT2D eigenvalue weighted by molar-refractivity contribution is 7.89. The third-order valence-electron chi connectivity index (χ3n) is 5.36. The fourth-order valence-electron chi connectivity index (χ4n) is 3.64. The summed E-state index contributed by atoms with van der Waals surface area (Å²) in [6, 6.07) is 18.3. The lowest BCUT2D eigenvalue weighted by molar-refractivity contribution is -0.385. The van der Waals surface area contributed by atoms with Crippen LogP contribution in [-0.4, -0.2) is 61.2 Å². The zero-order valence-corrected chi connectivity index (χ0v) is 17.9. The number of hydrogen-bond acceptors (Lipinski definition) is 6. The Morgan fingerprint density at radius 2 is 1.66 bits per heavy atom. The number of piperazine rings is 1. The molecular weight excluding hydrogens is 434 g/mol. The second-order valence-electron chi connectivity index (χ2n) is 7.31. The molecule has 1 heterocycles. The zero-order valence-electron chi connectivity index (χ0n) is 17.1. The average Bonchev–Trinajstić information content (AvgIpc) is 2.82. The van der Waals surface area contributed by atoms with Gasteiger partial charge in [0.25, 0.3) is 11.6 Å². The molecule has 0 atom stereocenters. The number of non-ortho nitro benzene ring substituents is 1. The number of sulfonamides is 1. The number of fused-ring (bicyclic) bond motifs is 1. The summed E-state index contributed by atoms with van der Waals surface area (Å²) in [6.45, 7) is 0.486. The van der Waals surface area contributed by atoms with Gasteiger partial charge in [-0.15, -0.1) is 0 Å². The number of nitrogens with zero attached hydrogens (tertiary/aromatic N) is 3. The van der Waals surface area contributed by atoms with Gasteiger partial charge in [-0.2, -0.15) is 4.31 Å². The summed E-state index contributed by atoms with van der Waals surface area (Å²) >= 11 is 0. The Hall–Kier alpha value is -3.50. The van der Waals surface area contributed by atoms with Crippen LogP contribution in [0.25, 0.3) is 10.8 Å². The molecule has 3 aromatic carbocycles. The molecule has 0 radical (unpaired) electrons. The minimum Gasteiger partial charge on any atom is -0.483 e. The number of hydrogen-bond donors (Lipinski definition) is 0. The van der Waals surface area contributed by atoms with Gasteiger partial charge in [0.05, 0.1) is 9.82 Å². The van der Waals surface area contributed by atoms with Crippen LogP contribution in [0.4, 0.5) is 5.69 Å². The first-order chi connectivity index (χ1) is 15.4. The summed E-state index contributed by atoms with van der Waals surface area (Å²) in [6.07, 6.45) is 0. The number of rotatable bonds is 6. The molecule has 10 heteroatoms. The predicted molar refractivity (Wildman–Crippen MR) is 118 cm³/mol. The van der Waals surface area contributed by atoms with Crippen LogP contribution in [0.1, 0.15) is 0 Å². The molecule has 1 fully saturated rings. The third-order valence-corrected chi connectivity index (χ3v) is 7.25. The van der Waals surface area contributed by atoms with Crippen molar-refractivity contribution in [2.75, 3.05) is 32.8 Å². The third kappa shape index (κ3) is 4.41. The molecule has 1 saturated heterocycles. The van der Waals surface area contributed by atoms with E-state index >= 15 is 0 Å². The Labute approximate surface area is 185 Å². The average molecular weight is 455 g/mol. The maximum absolute atomic E-state index is 12.8. The standard InChI is InChI=1S/C22H21N3O6S/c26-22(16-31-21-10-3-6-17-5-1-2-9-20(17)21)23-11-13-24(14-12-23)32(29,30)19-8-4-7-18(15-19)25(27)28/h1-10,15H,11-14,16H2. The van der Waals surface area contributed by atoms with E-state index in [1.54, 1.807) is 11.0 Å². The maximum Gasteiger partial charge on any atom is 0.270 e. The number of carbonyl (C=O) groups is 1. The Bertz CT molecular complexity index is 1260. The molecule has 1 aliphatic heterocycles. The van der Waals surface area contributed by atoms with E-state index in [1.165, 1.54) is 22.5 Å². The number of ether oxygens (including phenoxy) is 1. The molecule has 32 heavy (non-hydrogen) atoms. The summed E-state index contributed by atoms with van der Waals surface area (Å²) in [4.78, 5) is 24.4. The van der Waals surface area contributed by atoms with Crippen molar-refractivity contribution in [1.82, 2.24) is 9.21 Å². The summed E-state index contributed by atoms with van der Waals surface area (Å²) in [5, 5.41) is 12.9. The molecular formula is C22H21N3O6S. The molecule has 3 aromatic rings. The van der Waals surface area contributed by atoms with Gasteiger partial charge in [-0.05, 0) is 17.5 Å². The lowest BCUT2D eigenvalue weighted by atomic mass is 10.1. The second-order valence-corrected chi connectivity index (χ2v) is 9.24. The van der Waals surface area contributed by atoms with Crippen molar-refractivity contribution in [3.8, 4) is 5.75 Å². The Morgan fingerprint density at radius 1 is 0.969 bits per heavy atom. The zero-order chi connectivity index (χ0) is 22.7. The number of amides is 1. The molecule has 166 valence electrons. The first kappa shape index (κ1) is 21.7. The van der Waals surface area contributed by atoms with E-state index in [0.29, 0.717) is 5.75 Å². The van der Waals surface area contributed by atoms with Crippen LogP contribution < -0.4 is 4.74 Å². The number of nitro groups is 1. The first-order valence-corrected chi connectivity index (χ1v) is 11.4. The Morgan fingerprint density at radius 3 is 2.41 bits per heavy atom. The quantitative estimate of drug-likeness (QED) is 0.417. The molecule has 0 spiro atoms. The summed E-state index contributed by atoms with van der Waals surface area (Å²) < 4.78 is 32.7. The minimum atomic E-state index is -3.89. The highest BCUT2D eigenvalue weighted by Crippen LogP contribution is 2.25. The molecule has 0 N–H and O–H groups in total. The number of carbonyl (C=O) groups excluding carboxylic acids is 1. The van der Waals surface area contributed by atoms with E-state index in [4.69, 9.17) is 4.74 Å². The van der Waals surface area contributed by atoms with Crippen molar-refractivity contribution in [2.24, 2.45) is 0 Å². The molecule has 0 aliphatic carbocycles. The van der Waals surface area contributed by atoms with Crippen LogP contribution in [0.5, 0.6) is 5.75 Å². The molecule has 1 aliphatic rings.